The molecular weight excluding hydrogens is 290 g/mol. The first-order chi connectivity index (χ1) is 11.1. The van der Waals surface area contributed by atoms with Gasteiger partial charge >= 0.3 is 0 Å². The van der Waals surface area contributed by atoms with Crippen LogP contribution in [-0.4, -0.2) is 59.9 Å². The summed E-state index contributed by atoms with van der Waals surface area (Å²) < 4.78 is 0. The lowest BCUT2D eigenvalue weighted by Crippen LogP contribution is -2.55. The van der Waals surface area contributed by atoms with Gasteiger partial charge in [-0.3, -0.25) is 9.59 Å². The molecule has 1 aliphatic carbocycles. The first-order valence-electron chi connectivity index (χ1n) is 9.35. The molecule has 2 heterocycles. The van der Waals surface area contributed by atoms with Gasteiger partial charge < -0.3 is 15.1 Å². The SMILES string of the molecule is CC(=O)NC(C(=O)N1CCCC1C1CCCN1C)C1CCCC1. The Hall–Kier alpha value is -1.10. The van der Waals surface area contributed by atoms with Gasteiger partial charge in [-0.25, -0.2) is 0 Å². The summed E-state index contributed by atoms with van der Waals surface area (Å²) in [6, 6.07) is 0.540. The molecule has 23 heavy (non-hydrogen) atoms. The van der Waals surface area contributed by atoms with E-state index in [-0.39, 0.29) is 17.9 Å². The number of likely N-dealkylation sites (N-methyl/N-ethyl adjacent to an activating group) is 1. The Bertz CT molecular complexity index is 448. The molecule has 3 unspecified atom stereocenters. The smallest absolute Gasteiger partial charge is 0.245 e. The van der Waals surface area contributed by atoms with E-state index in [4.69, 9.17) is 0 Å². The van der Waals surface area contributed by atoms with Crippen molar-refractivity contribution >= 4 is 11.8 Å². The van der Waals surface area contributed by atoms with Gasteiger partial charge in [-0.15, -0.1) is 0 Å². The van der Waals surface area contributed by atoms with Crippen molar-refractivity contribution in [1.29, 1.82) is 0 Å². The Labute approximate surface area is 139 Å². The molecule has 2 saturated heterocycles. The highest BCUT2D eigenvalue weighted by Crippen LogP contribution is 2.33. The Morgan fingerprint density at radius 3 is 2.22 bits per heavy atom. The summed E-state index contributed by atoms with van der Waals surface area (Å²) in [5.74, 6) is 0.424. The quantitative estimate of drug-likeness (QED) is 0.858. The highest BCUT2D eigenvalue weighted by molar-refractivity contribution is 5.87. The van der Waals surface area contributed by atoms with Crippen LogP contribution in [0.3, 0.4) is 0 Å². The van der Waals surface area contributed by atoms with Crippen molar-refractivity contribution in [3.8, 4) is 0 Å². The fourth-order valence-electron chi connectivity index (χ4n) is 4.96. The van der Waals surface area contributed by atoms with Gasteiger partial charge in [0.05, 0.1) is 0 Å². The first kappa shape index (κ1) is 16.7. The van der Waals surface area contributed by atoms with Crippen LogP contribution >= 0.6 is 0 Å². The average Bonchev–Trinajstić information content (AvgIpc) is 3.24. The van der Waals surface area contributed by atoms with Crippen molar-refractivity contribution in [2.75, 3.05) is 20.1 Å². The standard InChI is InChI=1S/C18H31N3O2/c1-13(22)19-17(14-7-3-4-8-14)18(23)21-12-6-10-16(21)15-9-5-11-20(15)2/h14-17H,3-12H2,1-2H3,(H,19,22). The van der Waals surface area contributed by atoms with Gasteiger partial charge in [0.2, 0.25) is 11.8 Å². The van der Waals surface area contributed by atoms with Crippen LogP contribution in [0.2, 0.25) is 0 Å². The van der Waals surface area contributed by atoms with Crippen LogP contribution in [0.5, 0.6) is 0 Å². The Morgan fingerprint density at radius 1 is 0.957 bits per heavy atom. The maximum Gasteiger partial charge on any atom is 0.245 e. The molecule has 0 aromatic carbocycles. The first-order valence-corrected chi connectivity index (χ1v) is 9.35. The van der Waals surface area contributed by atoms with E-state index in [0.29, 0.717) is 18.0 Å². The predicted octanol–water partition coefficient (Wildman–Crippen LogP) is 1.77. The number of amides is 2. The fourth-order valence-corrected chi connectivity index (χ4v) is 4.96. The molecule has 130 valence electrons. The second-order valence-corrected chi connectivity index (χ2v) is 7.65. The van der Waals surface area contributed by atoms with E-state index in [9.17, 15) is 9.59 Å². The molecule has 0 spiro atoms. The summed E-state index contributed by atoms with van der Waals surface area (Å²) >= 11 is 0. The van der Waals surface area contributed by atoms with Crippen molar-refractivity contribution < 1.29 is 9.59 Å². The summed E-state index contributed by atoms with van der Waals surface area (Å²) in [5.41, 5.74) is 0. The highest BCUT2D eigenvalue weighted by Gasteiger charge is 2.42. The summed E-state index contributed by atoms with van der Waals surface area (Å²) in [6.45, 7) is 3.53. The minimum Gasteiger partial charge on any atom is -0.344 e. The van der Waals surface area contributed by atoms with Crippen LogP contribution in [-0.2, 0) is 9.59 Å². The monoisotopic (exact) mass is 321 g/mol. The molecule has 3 atom stereocenters. The average molecular weight is 321 g/mol. The minimum absolute atomic E-state index is 0.0796. The predicted molar refractivity (Wildman–Crippen MR) is 89.9 cm³/mol. The molecule has 2 aliphatic heterocycles. The summed E-state index contributed by atoms with van der Waals surface area (Å²) in [5, 5.41) is 2.98. The molecule has 0 radical (unpaired) electrons. The fraction of sp³-hybridized carbons (Fsp3) is 0.889. The Morgan fingerprint density at radius 2 is 1.61 bits per heavy atom. The molecular formula is C18H31N3O2. The van der Waals surface area contributed by atoms with E-state index in [1.54, 1.807) is 0 Å². The van der Waals surface area contributed by atoms with Crippen molar-refractivity contribution in [3.63, 3.8) is 0 Å². The second kappa shape index (κ2) is 7.20. The Balaban J connectivity index is 1.73. The zero-order valence-electron chi connectivity index (χ0n) is 14.6. The van der Waals surface area contributed by atoms with Gasteiger partial charge in [0.1, 0.15) is 6.04 Å². The van der Waals surface area contributed by atoms with Crippen molar-refractivity contribution in [3.05, 3.63) is 0 Å². The second-order valence-electron chi connectivity index (χ2n) is 7.65. The number of hydrogen-bond donors (Lipinski definition) is 1. The Kier molecular flexibility index (Phi) is 5.24. The van der Waals surface area contributed by atoms with E-state index in [2.05, 4.69) is 22.2 Å². The van der Waals surface area contributed by atoms with Crippen LogP contribution in [0.1, 0.15) is 58.3 Å². The van der Waals surface area contributed by atoms with Crippen molar-refractivity contribution in [1.82, 2.24) is 15.1 Å². The number of rotatable bonds is 4. The minimum atomic E-state index is -0.303. The number of carbonyl (C=O) groups excluding carboxylic acids is 2. The zero-order valence-corrected chi connectivity index (χ0v) is 14.6. The zero-order chi connectivity index (χ0) is 16.4. The van der Waals surface area contributed by atoms with E-state index in [1.165, 1.54) is 32.6 Å². The van der Waals surface area contributed by atoms with Gasteiger partial charge in [-0.05, 0) is 58.0 Å². The molecule has 3 aliphatic rings. The molecule has 3 rings (SSSR count). The molecule has 0 aromatic rings. The number of likely N-dealkylation sites (tertiary alicyclic amines) is 2. The topological polar surface area (TPSA) is 52.7 Å². The maximum atomic E-state index is 13.2. The van der Waals surface area contributed by atoms with Gasteiger partial charge in [0.25, 0.3) is 0 Å². The van der Waals surface area contributed by atoms with Gasteiger partial charge in [-0.2, -0.15) is 0 Å². The number of hydrogen-bond acceptors (Lipinski definition) is 3. The van der Waals surface area contributed by atoms with Crippen LogP contribution in [0.25, 0.3) is 0 Å². The molecule has 3 fully saturated rings. The molecule has 5 nitrogen and oxygen atoms in total. The lowest BCUT2D eigenvalue weighted by molar-refractivity contribution is -0.139. The van der Waals surface area contributed by atoms with E-state index >= 15 is 0 Å². The number of nitrogens with one attached hydrogen (secondary N) is 1. The molecule has 0 bridgehead atoms. The van der Waals surface area contributed by atoms with E-state index in [1.807, 2.05) is 0 Å². The lowest BCUT2D eigenvalue weighted by Gasteiger charge is -2.36. The molecule has 1 saturated carbocycles. The summed E-state index contributed by atoms with van der Waals surface area (Å²) in [4.78, 5) is 29.4. The van der Waals surface area contributed by atoms with Crippen molar-refractivity contribution in [2.45, 2.75) is 76.4 Å². The van der Waals surface area contributed by atoms with E-state index < -0.39 is 0 Å². The molecule has 2 amide bonds. The molecule has 5 heteroatoms. The third kappa shape index (κ3) is 3.54. The van der Waals surface area contributed by atoms with E-state index in [0.717, 1.165) is 38.8 Å². The lowest BCUT2D eigenvalue weighted by atomic mass is 9.95. The normalized spacial score (nSPS) is 30.8. The largest absolute Gasteiger partial charge is 0.344 e. The maximum absolute atomic E-state index is 13.2. The highest BCUT2D eigenvalue weighted by atomic mass is 16.2. The third-order valence-corrected chi connectivity index (χ3v) is 6.10. The van der Waals surface area contributed by atoms with Crippen LogP contribution in [0.15, 0.2) is 0 Å². The van der Waals surface area contributed by atoms with Gasteiger partial charge in [0.15, 0.2) is 0 Å². The molecule has 1 N–H and O–H groups in total. The summed E-state index contributed by atoms with van der Waals surface area (Å²) in [6.07, 6.45) is 9.13. The number of nitrogens with zero attached hydrogens (tertiary/aromatic N) is 2. The molecule has 0 aromatic heterocycles. The third-order valence-electron chi connectivity index (χ3n) is 6.10. The van der Waals surface area contributed by atoms with Gasteiger partial charge in [-0.1, -0.05) is 12.8 Å². The van der Waals surface area contributed by atoms with Crippen LogP contribution in [0, 0.1) is 5.92 Å². The number of carbonyl (C=O) groups is 2. The van der Waals surface area contributed by atoms with Crippen LogP contribution in [0.4, 0.5) is 0 Å². The van der Waals surface area contributed by atoms with Crippen LogP contribution < -0.4 is 5.32 Å². The van der Waals surface area contributed by atoms with Crippen molar-refractivity contribution in [2.24, 2.45) is 5.92 Å². The van der Waals surface area contributed by atoms with Gasteiger partial charge in [0, 0.05) is 25.6 Å². The summed E-state index contributed by atoms with van der Waals surface area (Å²) in [7, 11) is 2.18.